The lowest BCUT2D eigenvalue weighted by atomic mass is 10.2. The number of azo groups is 1. The monoisotopic (exact) mass is 218 g/mol. The molecule has 0 amide bonds. The number of nitrogens with two attached hydrogens (primary N) is 2. The maximum absolute atomic E-state index is 9.85. The molecule has 1 aromatic carbocycles. The van der Waals surface area contributed by atoms with E-state index in [4.69, 9.17) is 11.1 Å². The van der Waals surface area contributed by atoms with Crippen molar-refractivity contribution in [3.05, 3.63) is 24.3 Å². The first-order valence-electron chi connectivity index (χ1n) is 4.67. The van der Waals surface area contributed by atoms with E-state index in [9.17, 15) is 5.11 Å². The number of aromatic nitrogens is 1. The van der Waals surface area contributed by atoms with Crippen LogP contribution in [-0.2, 0) is 7.05 Å². The Kier molecular flexibility index (Phi) is 2.32. The van der Waals surface area contributed by atoms with Crippen molar-refractivity contribution in [1.29, 1.82) is 0 Å². The van der Waals surface area contributed by atoms with Crippen molar-refractivity contribution in [2.24, 2.45) is 23.0 Å². The quantitative estimate of drug-likeness (QED) is 0.357. The molecule has 0 saturated carbocycles. The molecule has 0 aliphatic rings. The van der Waals surface area contributed by atoms with Crippen LogP contribution in [0.1, 0.15) is 0 Å². The molecule has 1 aromatic heterocycles. The van der Waals surface area contributed by atoms with Gasteiger partial charge in [-0.05, 0) is 6.07 Å². The highest BCUT2D eigenvalue weighted by atomic mass is 16.3. The summed E-state index contributed by atoms with van der Waals surface area (Å²) >= 11 is 0. The standard InChI is InChI=1S/C10H11N5O/c1-15-7-5-3-2-4-6(7)8(9(15)16)13-14-10(11)12/h2-5,16H,1H3,(H3,11,12)/p+1. The van der Waals surface area contributed by atoms with Gasteiger partial charge in [-0.25, -0.2) is 0 Å². The number of nitrogens with zero attached hydrogens (tertiary/aromatic N) is 3. The van der Waals surface area contributed by atoms with Gasteiger partial charge in [-0.2, -0.15) is 0 Å². The first-order chi connectivity index (χ1) is 7.61. The summed E-state index contributed by atoms with van der Waals surface area (Å²) in [7, 11) is 1.74. The van der Waals surface area contributed by atoms with E-state index in [1.807, 2.05) is 24.3 Å². The fourth-order valence-corrected chi connectivity index (χ4v) is 1.57. The Morgan fingerprint density at radius 2 is 2.12 bits per heavy atom. The minimum absolute atomic E-state index is 0.0335. The Morgan fingerprint density at radius 3 is 2.81 bits per heavy atom. The van der Waals surface area contributed by atoms with Crippen LogP contribution in [0.15, 0.2) is 34.5 Å². The zero-order chi connectivity index (χ0) is 11.7. The van der Waals surface area contributed by atoms with E-state index in [0.717, 1.165) is 10.9 Å². The fourth-order valence-electron chi connectivity index (χ4n) is 1.57. The van der Waals surface area contributed by atoms with Crippen LogP contribution in [0.3, 0.4) is 0 Å². The molecule has 0 atom stereocenters. The summed E-state index contributed by atoms with van der Waals surface area (Å²) in [5, 5.41) is 23.2. The molecule has 1 heterocycles. The van der Waals surface area contributed by atoms with Gasteiger partial charge in [0.2, 0.25) is 5.88 Å². The average molecular weight is 218 g/mol. The van der Waals surface area contributed by atoms with Crippen LogP contribution in [0, 0.1) is 0 Å². The van der Waals surface area contributed by atoms with E-state index in [1.165, 1.54) is 0 Å². The summed E-state index contributed by atoms with van der Waals surface area (Å²) in [6, 6.07) is 7.46. The summed E-state index contributed by atoms with van der Waals surface area (Å²) in [6.07, 6.45) is 0. The lowest BCUT2D eigenvalue weighted by Crippen LogP contribution is -2.43. The second-order valence-electron chi connectivity index (χ2n) is 3.37. The number of para-hydroxylation sites is 1. The van der Waals surface area contributed by atoms with Gasteiger partial charge in [-0.15, -0.1) is 0 Å². The predicted octanol–water partition coefficient (Wildman–Crippen LogP) is 0.0414. The molecule has 0 radical (unpaired) electrons. The first-order valence-corrected chi connectivity index (χ1v) is 4.67. The molecule has 0 bridgehead atoms. The van der Waals surface area contributed by atoms with E-state index in [-0.39, 0.29) is 11.8 Å². The number of fused-ring (bicyclic) bond motifs is 1. The summed E-state index contributed by atoms with van der Waals surface area (Å²) in [5.41, 5.74) is 6.42. The molecule has 0 fully saturated rings. The number of aryl methyl sites for hydroxylation is 1. The molecule has 2 aromatic rings. The number of hydrogen-bond donors (Lipinski definition) is 3. The third-order valence-corrected chi connectivity index (χ3v) is 2.32. The van der Waals surface area contributed by atoms with Gasteiger partial charge in [0.15, 0.2) is 5.69 Å². The van der Waals surface area contributed by atoms with Crippen LogP contribution in [-0.4, -0.2) is 15.6 Å². The molecule has 0 spiro atoms. The zero-order valence-corrected chi connectivity index (χ0v) is 8.75. The second kappa shape index (κ2) is 3.65. The number of benzene rings is 1. The van der Waals surface area contributed by atoms with Crippen molar-refractivity contribution in [3.63, 3.8) is 0 Å². The van der Waals surface area contributed by atoms with Crippen LogP contribution in [0.25, 0.3) is 10.9 Å². The molecule has 6 nitrogen and oxygen atoms in total. The summed E-state index contributed by atoms with van der Waals surface area (Å²) in [5.74, 6) is -0.112. The summed E-state index contributed by atoms with van der Waals surface area (Å²) in [6.45, 7) is 0. The van der Waals surface area contributed by atoms with Gasteiger partial charge < -0.3 is 9.67 Å². The van der Waals surface area contributed by atoms with E-state index >= 15 is 0 Å². The first kappa shape index (κ1) is 10.2. The Hall–Kier alpha value is -2.37. The third-order valence-electron chi connectivity index (χ3n) is 2.32. The van der Waals surface area contributed by atoms with E-state index < -0.39 is 0 Å². The van der Waals surface area contributed by atoms with E-state index in [1.54, 1.807) is 11.6 Å². The SMILES string of the molecule is Cn1c(O)c(N=NC(N)=[NH2+])c2ccccc21. The molecule has 82 valence electrons. The number of hydrogen-bond acceptors (Lipinski definition) is 2. The van der Waals surface area contributed by atoms with Gasteiger partial charge in [0.1, 0.15) is 0 Å². The number of guanidine groups is 1. The second-order valence-corrected chi connectivity index (χ2v) is 3.37. The van der Waals surface area contributed by atoms with Gasteiger partial charge in [-0.3, -0.25) is 11.1 Å². The smallest absolute Gasteiger partial charge is 0.403 e. The molecule has 0 aliphatic carbocycles. The van der Waals surface area contributed by atoms with Gasteiger partial charge in [0.25, 0.3) is 0 Å². The van der Waals surface area contributed by atoms with Crippen molar-refractivity contribution < 1.29 is 10.5 Å². The summed E-state index contributed by atoms with van der Waals surface area (Å²) < 4.78 is 1.62. The van der Waals surface area contributed by atoms with Crippen LogP contribution in [0.5, 0.6) is 5.88 Å². The fraction of sp³-hybridized carbons (Fsp3) is 0.100. The topological polar surface area (TPSA) is 101 Å². The Bertz CT molecular complexity index is 584. The normalized spacial score (nSPS) is 11.3. The highest BCUT2D eigenvalue weighted by Crippen LogP contribution is 2.37. The van der Waals surface area contributed by atoms with E-state index in [0.29, 0.717) is 5.69 Å². The predicted molar refractivity (Wildman–Crippen MR) is 60.2 cm³/mol. The van der Waals surface area contributed by atoms with Crippen molar-refractivity contribution >= 4 is 22.5 Å². The minimum atomic E-state index is -0.146. The van der Waals surface area contributed by atoms with Gasteiger partial charge >= 0.3 is 5.96 Å². The molecule has 0 unspecified atom stereocenters. The lowest BCUT2D eigenvalue weighted by molar-refractivity contribution is -0.117. The van der Waals surface area contributed by atoms with Gasteiger partial charge in [0, 0.05) is 17.5 Å². The Balaban J connectivity index is 2.69. The average Bonchev–Trinajstić information content (AvgIpc) is 2.50. The van der Waals surface area contributed by atoms with Crippen molar-refractivity contribution in [2.45, 2.75) is 0 Å². The van der Waals surface area contributed by atoms with Gasteiger partial charge in [0.05, 0.1) is 5.52 Å². The highest BCUT2D eigenvalue weighted by Gasteiger charge is 2.14. The van der Waals surface area contributed by atoms with Crippen molar-refractivity contribution in [1.82, 2.24) is 4.57 Å². The minimum Gasteiger partial charge on any atom is -0.493 e. The molecule has 0 aliphatic heterocycles. The molecular formula is C10H12N5O+. The van der Waals surface area contributed by atoms with Crippen LogP contribution >= 0.6 is 0 Å². The maximum Gasteiger partial charge on any atom is 0.403 e. The molecule has 0 saturated heterocycles. The zero-order valence-electron chi connectivity index (χ0n) is 8.75. The van der Waals surface area contributed by atoms with Crippen LogP contribution < -0.4 is 11.1 Å². The van der Waals surface area contributed by atoms with Crippen molar-refractivity contribution in [2.75, 3.05) is 0 Å². The largest absolute Gasteiger partial charge is 0.493 e. The highest BCUT2D eigenvalue weighted by molar-refractivity contribution is 5.95. The maximum atomic E-state index is 9.85. The van der Waals surface area contributed by atoms with E-state index in [2.05, 4.69) is 10.2 Å². The Labute approximate surface area is 91.5 Å². The molecule has 16 heavy (non-hydrogen) atoms. The molecule has 2 rings (SSSR count). The van der Waals surface area contributed by atoms with Crippen LogP contribution in [0.2, 0.25) is 0 Å². The number of aromatic hydroxyl groups is 1. The molecule has 5 N–H and O–H groups in total. The van der Waals surface area contributed by atoms with Gasteiger partial charge in [-0.1, -0.05) is 23.3 Å². The lowest BCUT2D eigenvalue weighted by Gasteiger charge is -1.94. The number of rotatable bonds is 1. The molecule has 6 heteroatoms. The third kappa shape index (κ3) is 1.50. The van der Waals surface area contributed by atoms with Crippen LogP contribution in [0.4, 0.5) is 5.69 Å². The molecular weight excluding hydrogens is 206 g/mol. The van der Waals surface area contributed by atoms with Crippen molar-refractivity contribution in [3.8, 4) is 5.88 Å². The Morgan fingerprint density at radius 1 is 1.44 bits per heavy atom. The summed E-state index contributed by atoms with van der Waals surface area (Å²) in [4.78, 5) is 0.